The maximum atomic E-state index is 12.9. The van der Waals surface area contributed by atoms with Gasteiger partial charge in [0.2, 0.25) is 5.91 Å². The number of amides is 1. The Morgan fingerprint density at radius 3 is 2.92 bits per heavy atom. The van der Waals surface area contributed by atoms with Crippen molar-refractivity contribution in [3.63, 3.8) is 0 Å². The average molecular weight is 342 g/mol. The van der Waals surface area contributed by atoms with E-state index in [0.717, 1.165) is 50.3 Å². The van der Waals surface area contributed by atoms with Crippen molar-refractivity contribution in [2.75, 3.05) is 19.6 Å². The zero-order valence-electron chi connectivity index (χ0n) is 14.8. The molecule has 6 heteroatoms. The molecule has 0 radical (unpaired) electrons. The third-order valence-electron chi connectivity index (χ3n) is 5.26. The molecule has 0 aromatic carbocycles. The fourth-order valence-electron chi connectivity index (χ4n) is 3.77. The summed E-state index contributed by atoms with van der Waals surface area (Å²) in [7, 11) is 0. The number of carbonyl (C=O) groups excluding carboxylic acids is 1. The summed E-state index contributed by atoms with van der Waals surface area (Å²) in [5.74, 6) is 2.45. The average Bonchev–Trinajstić information content (AvgIpc) is 3.13. The SMILES string of the molecule is Cc1ccc(CN(C(=O)CN2CCCC(c3ccn[nH]3)C2)C2CC2)o1. The third kappa shape index (κ3) is 3.95. The molecule has 4 rings (SSSR count). The first kappa shape index (κ1) is 16.4. The van der Waals surface area contributed by atoms with E-state index in [1.165, 1.54) is 5.69 Å². The van der Waals surface area contributed by atoms with Crippen LogP contribution in [0.5, 0.6) is 0 Å². The zero-order valence-corrected chi connectivity index (χ0v) is 14.8. The van der Waals surface area contributed by atoms with E-state index in [2.05, 4.69) is 15.1 Å². The van der Waals surface area contributed by atoms with Crippen LogP contribution in [0.15, 0.2) is 28.8 Å². The molecule has 1 saturated heterocycles. The Bertz CT molecular complexity index is 705. The van der Waals surface area contributed by atoms with Crippen molar-refractivity contribution in [3.8, 4) is 0 Å². The smallest absolute Gasteiger partial charge is 0.237 e. The van der Waals surface area contributed by atoms with Crippen LogP contribution in [0.4, 0.5) is 0 Å². The number of aryl methyl sites for hydroxylation is 1. The molecule has 1 aliphatic heterocycles. The van der Waals surface area contributed by atoms with E-state index in [4.69, 9.17) is 4.42 Å². The van der Waals surface area contributed by atoms with Crippen LogP contribution in [0.25, 0.3) is 0 Å². The minimum Gasteiger partial charge on any atom is -0.464 e. The van der Waals surface area contributed by atoms with Gasteiger partial charge in [-0.1, -0.05) is 0 Å². The van der Waals surface area contributed by atoms with Crippen LogP contribution >= 0.6 is 0 Å². The highest BCUT2D eigenvalue weighted by atomic mass is 16.3. The predicted molar refractivity (Wildman–Crippen MR) is 94.0 cm³/mol. The number of piperidine rings is 1. The second-order valence-electron chi connectivity index (χ2n) is 7.35. The summed E-state index contributed by atoms with van der Waals surface area (Å²) in [6.45, 7) is 4.95. The Hall–Kier alpha value is -2.08. The molecule has 2 aromatic rings. The van der Waals surface area contributed by atoms with Crippen molar-refractivity contribution in [1.29, 1.82) is 0 Å². The van der Waals surface area contributed by atoms with E-state index in [9.17, 15) is 4.79 Å². The minimum atomic E-state index is 0.224. The predicted octanol–water partition coefficient (Wildman–Crippen LogP) is 2.68. The van der Waals surface area contributed by atoms with Crippen LogP contribution in [-0.4, -0.2) is 51.6 Å². The first-order valence-corrected chi connectivity index (χ1v) is 9.25. The van der Waals surface area contributed by atoms with E-state index in [-0.39, 0.29) is 5.91 Å². The Labute approximate surface area is 148 Å². The van der Waals surface area contributed by atoms with Crippen LogP contribution in [0.3, 0.4) is 0 Å². The molecule has 3 heterocycles. The van der Waals surface area contributed by atoms with Crippen LogP contribution in [-0.2, 0) is 11.3 Å². The Kier molecular flexibility index (Phi) is 4.61. The van der Waals surface area contributed by atoms with E-state index >= 15 is 0 Å². The first-order valence-electron chi connectivity index (χ1n) is 9.25. The summed E-state index contributed by atoms with van der Waals surface area (Å²) in [6, 6.07) is 6.38. The van der Waals surface area contributed by atoms with Gasteiger partial charge in [0, 0.05) is 30.4 Å². The highest BCUT2D eigenvalue weighted by Gasteiger charge is 2.34. The van der Waals surface area contributed by atoms with Crippen LogP contribution in [0, 0.1) is 6.92 Å². The lowest BCUT2D eigenvalue weighted by Gasteiger charge is -2.33. The van der Waals surface area contributed by atoms with E-state index < -0.39 is 0 Å². The van der Waals surface area contributed by atoms with Crippen molar-refractivity contribution in [2.24, 2.45) is 0 Å². The molecule has 0 bridgehead atoms. The van der Waals surface area contributed by atoms with Gasteiger partial charge >= 0.3 is 0 Å². The van der Waals surface area contributed by atoms with E-state index in [0.29, 0.717) is 25.0 Å². The molecule has 2 aromatic heterocycles. The van der Waals surface area contributed by atoms with Gasteiger partial charge in [0.15, 0.2) is 0 Å². The summed E-state index contributed by atoms with van der Waals surface area (Å²) >= 11 is 0. The Morgan fingerprint density at radius 1 is 1.36 bits per heavy atom. The number of aromatic nitrogens is 2. The minimum absolute atomic E-state index is 0.224. The molecule has 1 unspecified atom stereocenters. The molecule has 134 valence electrons. The molecule has 2 fully saturated rings. The van der Waals surface area contributed by atoms with Crippen molar-refractivity contribution >= 4 is 5.91 Å². The number of nitrogens with zero attached hydrogens (tertiary/aromatic N) is 3. The molecule has 1 N–H and O–H groups in total. The standard InChI is InChI=1S/C19H26N4O2/c1-14-4-7-17(25-14)12-23(16-5-6-16)19(24)13-22-10-2-3-15(11-22)18-8-9-20-21-18/h4,7-9,15-16H,2-3,5-6,10-13H2,1H3,(H,20,21). The molecule has 2 aliphatic rings. The maximum Gasteiger partial charge on any atom is 0.237 e. The van der Waals surface area contributed by atoms with Gasteiger partial charge in [0.25, 0.3) is 0 Å². The lowest BCUT2D eigenvalue weighted by molar-refractivity contribution is -0.134. The summed E-state index contributed by atoms with van der Waals surface area (Å²) < 4.78 is 5.68. The van der Waals surface area contributed by atoms with Crippen molar-refractivity contribution < 1.29 is 9.21 Å². The number of rotatable bonds is 6. The Morgan fingerprint density at radius 2 is 2.24 bits per heavy atom. The van der Waals surface area contributed by atoms with E-state index in [1.807, 2.05) is 30.0 Å². The third-order valence-corrected chi connectivity index (χ3v) is 5.26. The highest BCUT2D eigenvalue weighted by molar-refractivity contribution is 5.79. The highest BCUT2D eigenvalue weighted by Crippen LogP contribution is 2.30. The van der Waals surface area contributed by atoms with Gasteiger partial charge < -0.3 is 9.32 Å². The number of hydrogen-bond donors (Lipinski definition) is 1. The molecule has 1 saturated carbocycles. The van der Waals surface area contributed by atoms with Gasteiger partial charge in [-0.3, -0.25) is 14.8 Å². The molecular formula is C19H26N4O2. The molecular weight excluding hydrogens is 316 g/mol. The molecule has 25 heavy (non-hydrogen) atoms. The molecule has 1 atom stereocenters. The van der Waals surface area contributed by atoms with Crippen molar-refractivity contribution in [2.45, 2.75) is 51.1 Å². The largest absolute Gasteiger partial charge is 0.464 e. The molecule has 0 spiro atoms. The fraction of sp³-hybridized carbons (Fsp3) is 0.579. The van der Waals surface area contributed by atoms with Gasteiger partial charge in [0.1, 0.15) is 11.5 Å². The number of aromatic amines is 1. The van der Waals surface area contributed by atoms with Crippen molar-refractivity contribution in [1.82, 2.24) is 20.0 Å². The molecule has 1 aliphatic carbocycles. The summed E-state index contributed by atoms with van der Waals surface area (Å²) in [5.41, 5.74) is 1.18. The molecule has 1 amide bonds. The lowest BCUT2D eigenvalue weighted by Crippen LogP contribution is -2.44. The summed E-state index contributed by atoms with van der Waals surface area (Å²) in [4.78, 5) is 17.2. The van der Waals surface area contributed by atoms with Crippen LogP contribution in [0.2, 0.25) is 0 Å². The number of hydrogen-bond acceptors (Lipinski definition) is 4. The van der Waals surface area contributed by atoms with Crippen LogP contribution < -0.4 is 0 Å². The normalized spacial score (nSPS) is 21.4. The number of H-pyrrole nitrogens is 1. The second kappa shape index (κ2) is 7.04. The van der Waals surface area contributed by atoms with Crippen LogP contribution in [0.1, 0.15) is 48.8 Å². The second-order valence-corrected chi connectivity index (χ2v) is 7.35. The first-order chi connectivity index (χ1) is 12.2. The number of carbonyl (C=O) groups is 1. The Balaban J connectivity index is 1.37. The van der Waals surface area contributed by atoms with Crippen molar-refractivity contribution in [3.05, 3.63) is 41.6 Å². The fourth-order valence-corrected chi connectivity index (χ4v) is 3.77. The van der Waals surface area contributed by atoms with Gasteiger partial charge in [-0.05, 0) is 57.4 Å². The summed E-state index contributed by atoms with van der Waals surface area (Å²) in [5, 5.41) is 7.15. The van der Waals surface area contributed by atoms with Gasteiger partial charge in [-0.15, -0.1) is 0 Å². The monoisotopic (exact) mass is 342 g/mol. The maximum absolute atomic E-state index is 12.9. The zero-order chi connectivity index (χ0) is 17.2. The van der Waals surface area contributed by atoms with Gasteiger partial charge in [-0.25, -0.2) is 0 Å². The lowest BCUT2D eigenvalue weighted by atomic mass is 9.95. The van der Waals surface area contributed by atoms with Gasteiger partial charge in [-0.2, -0.15) is 5.10 Å². The number of nitrogens with one attached hydrogen (secondary N) is 1. The molecule has 6 nitrogen and oxygen atoms in total. The topological polar surface area (TPSA) is 65.4 Å². The quantitative estimate of drug-likeness (QED) is 0.876. The summed E-state index contributed by atoms with van der Waals surface area (Å²) in [6.07, 6.45) is 6.31. The van der Waals surface area contributed by atoms with Gasteiger partial charge in [0.05, 0.1) is 13.1 Å². The number of furan rings is 1. The number of likely N-dealkylation sites (tertiary alicyclic amines) is 1. The van der Waals surface area contributed by atoms with E-state index in [1.54, 1.807) is 6.20 Å².